The second-order valence-electron chi connectivity index (χ2n) is 7.10. The zero-order valence-electron chi connectivity index (χ0n) is 15.2. The minimum absolute atomic E-state index is 0.316. The summed E-state index contributed by atoms with van der Waals surface area (Å²) in [5.74, 6) is -0.231. The van der Waals surface area contributed by atoms with Crippen LogP contribution in [-0.2, 0) is 0 Å². The van der Waals surface area contributed by atoms with E-state index in [4.69, 9.17) is 5.11 Å². The first-order valence-corrected chi connectivity index (χ1v) is 9.44. The molecule has 1 aliphatic rings. The molecule has 0 amide bonds. The number of nitrogens with zero attached hydrogens (tertiary/aromatic N) is 1. The molecule has 0 spiro atoms. The van der Waals surface area contributed by atoms with Crippen LogP contribution in [0.4, 0.5) is 5.69 Å². The number of carboxylic acid groups (broad SMARTS) is 1. The number of piperidine rings is 1. The molecule has 1 fully saturated rings. The number of benzene rings is 3. The van der Waals surface area contributed by atoms with Gasteiger partial charge in [-0.05, 0) is 59.7 Å². The van der Waals surface area contributed by atoms with Gasteiger partial charge in [0.1, 0.15) is 0 Å². The van der Waals surface area contributed by atoms with Gasteiger partial charge in [0.2, 0.25) is 0 Å². The minimum atomic E-state index is -0.893. The van der Waals surface area contributed by atoms with Crippen LogP contribution in [-0.4, -0.2) is 24.2 Å². The van der Waals surface area contributed by atoms with Crippen LogP contribution in [0.5, 0.6) is 0 Å². The lowest BCUT2D eigenvalue weighted by Crippen LogP contribution is -2.32. The third-order valence-electron chi connectivity index (χ3n) is 5.46. The zero-order valence-corrected chi connectivity index (χ0v) is 15.2. The Kier molecular flexibility index (Phi) is 4.93. The van der Waals surface area contributed by atoms with Gasteiger partial charge >= 0.3 is 5.97 Å². The maximum atomic E-state index is 11.0. The molecule has 4 rings (SSSR count). The average Bonchev–Trinajstić information content (AvgIpc) is 2.75. The maximum Gasteiger partial charge on any atom is 0.335 e. The maximum absolute atomic E-state index is 11.0. The van der Waals surface area contributed by atoms with Crippen LogP contribution in [0.2, 0.25) is 0 Å². The van der Waals surface area contributed by atoms with Crippen LogP contribution in [0.3, 0.4) is 0 Å². The van der Waals surface area contributed by atoms with E-state index in [-0.39, 0.29) is 0 Å². The summed E-state index contributed by atoms with van der Waals surface area (Å²) in [7, 11) is 0. The standard InChI is InChI=1S/C24H23NO2/c26-24(27)22-8-6-19(7-9-22)20-10-12-23(13-11-20)25-16-14-21(15-17-25)18-4-2-1-3-5-18/h1-13,21H,14-17H2,(H,26,27). The average molecular weight is 357 g/mol. The Morgan fingerprint density at radius 2 is 1.33 bits per heavy atom. The molecule has 27 heavy (non-hydrogen) atoms. The molecular weight excluding hydrogens is 334 g/mol. The molecule has 0 atom stereocenters. The van der Waals surface area contributed by atoms with Crippen LogP contribution < -0.4 is 4.90 Å². The van der Waals surface area contributed by atoms with Crippen molar-refractivity contribution in [2.75, 3.05) is 18.0 Å². The fraction of sp³-hybridized carbons (Fsp3) is 0.208. The van der Waals surface area contributed by atoms with Gasteiger partial charge in [-0.3, -0.25) is 0 Å². The molecule has 1 aliphatic heterocycles. The van der Waals surface area contributed by atoms with Crippen molar-refractivity contribution in [1.29, 1.82) is 0 Å². The van der Waals surface area contributed by atoms with Gasteiger partial charge in [-0.2, -0.15) is 0 Å². The van der Waals surface area contributed by atoms with Gasteiger partial charge in [-0.25, -0.2) is 4.79 Å². The second kappa shape index (κ2) is 7.67. The smallest absolute Gasteiger partial charge is 0.335 e. The first-order chi connectivity index (χ1) is 13.2. The number of carbonyl (C=O) groups is 1. The van der Waals surface area contributed by atoms with E-state index in [2.05, 4.69) is 59.5 Å². The predicted octanol–water partition coefficient (Wildman–Crippen LogP) is 5.44. The third-order valence-corrected chi connectivity index (χ3v) is 5.46. The van der Waals surface area contributed by atoms with E-state index in [1.807, 2.05) is 12.1 Å². The van der Waals surface area contributed by atoms with E-state index in [0.717, 1.165) is 24.2 Å². The predicted molar refractivity (Wildman–Crippen MR) is 109 cm³/mol. The van der Waals surface area contributed by atoms with Gasteiger partial charge in [-0.1, -0.05) is 54.6 Å². The summed E-state index contributed by atoms with van der Waals surface area (Å²) in [5, 5.41) is 9.01. The van der Waals surface area contributed by atoms with Crippen LogP contribution in [0.1, 0.15) is 34.7 Å². The lowest BCUT2D eigenvalue weighted by Gasteiger charge is -2.34. The first kappa shape index (κ1) is 17.3. The number of anilines is 1. The third kappa shape index (κ3) is 3.87. The van der Waals surface area contributed by atoms with E-state index in [0.29, 0.717) is 11.5 Å². The molecule has 3 aromatic carbocycles. The van der Waals surface area contributed by atoms with Crippen molar-refractivity contribution in [3.8, 4) is 11.1 Å². The van der Waals surface area contributed by atoms with Crippen LogP contribution in [0.15, 0.2) is 78.9 Å². The molecule has 1 heterocycles. The van der Waals surface area contributed by atoms with Gasteiger partial charge in [0, 0.05) is 18.8 Å². The molecule has 136 valence electrons. The molecule has 0 unspecified atom stereocenters. The monoisotopic (exact) mass is 357 g/mol. The molecule has 0 aliphatic carbocycles. The van der Waals surface area contributed by atoms with Gasteiger partial charge in [0.15, 0.2) is 0 Å². The molecule has 1 saturated heterocycles. The Morgan fingerprint density at radius 1 is 0.778 bits per heavy atom. The molecule has 0 saturated carbocycles. The highest BCUT2D eigenvalue weighted by atomic mass is 16.4. The molecule has 3 nitrogen and oxygen atoms in total. The summed E-state index contributed by atoms with van der Waals surface area (Å²) < 4.78 is 0. The fourth-order valence-corrected chi connectivity index (χ4v) is 3.87. The molecular formula is C24H23NO2. The van der Waals surface area contributed by atoms with E-state index < -0.39 is 5.97 Å². The van der Waals surface area contributed by atoms with Gasteiger partial charge in [0.05, 0.1) is 5.56 Å². The zero-order chi connectivity index (χ0) is 18.6. The van der Waals surface area contributed by atoms with Crippen LogP contribution >= 0.6 is 0 Å². The Bertz CT molecular complexity index is 893. The Labute approximate surface area is 159 Å². The number of rotatable bonds is 4. The van der Waals surface area contributed by atoms with E-state index >= 15 is 0 Å². The van der Waals surface area contributed by atoms with Crippen LogP contribution in [0, 0.1) is 0 Å². The highest BCUT2D eigenvalue weighted by Gasteiger charge is 2.20. The summed E-state index contributed by atoms with van der Waals surface area (Å²) in [6.45, 7) is 2.15. The van der Waals surface area contributed by atoms with Crippen LogP contribution in [0.25, 0.3) is 11.1 Å². The van der Waals surface area contributed by atoms with Crippen molar-refractivity contribution in [3.63, 3.8) is 0 Å². The highest BCUT2D eigenvalue weighted by molar-refractivity contribution is 5.88. The van der Waals surface area contributed by atoms with Crippen molar-refractivity contribution in [1.82, 2.24) is 0 Å². The van der Waals surface area contributed by atoms with Crippen molar-refractivity contribution in [2.45, 2.75) is 18.8 Å². The normalized spacial score (nSPS) is 14.9. The lowest BCUT2D eigenvalue weighted by atomic mass is 9.89. The largest absolute Gasteiger partial charge is 0.478 e. The fourth-order valence-electron chi connectivity index (χ4n) is 3.87. The minimum Gasteiger partial charge on any atom is -0.478 e. The SMILES string of the molecule is O=C(O)c1ccc(-c2ccc(N3CCC(c4ccccc4)CC3)cc2)cc1. The molecule has 3 heteroatoms. The van der Waals surface area contributed by atoms with E-state index in [1.54, 1.807) is 12.1 Å². The summed E-state index contributed by atoms with van der Waals surface area (Å²) >= 11 is 0. The Balaban J connectivity index is 1.42. The number of aromatic carboxylic acids is 1. The van der Waals surface area contributed by atoms with E-state index in [9.17, 15) is 4.79 Å². The van der Waals surface area contributed by atoms with Crippen molar-refractivity contribution in [3.05, 3.63) is 90.0 Å². The number of hydrogen-bond acceptors (Lipinski definition) is 2. The summed E-state index contributed by atoms with van der Waals surface area (Å²) in [6, 6.07) is 26.4. The van der Waals surface area contributed by atoms with Crippen molar-refractivity contribution in [2.24, 2.45) is 0 Å². The highest BCUT2D eigenvalue weighted by Crippen LogP contribution is 2.31. The van der Waals surface area contributed by atoms with E-state index in [1.165, 1.54) is 24.1 Å². The topological polar surface area (TPSA) is 40.5 Å². The molecule has 0 radical (unpaired) electrons. The molecule has 0 bridgehead atoms. The molecule has 1 N–H and O–H groups in total. The van der Waals surface area contributed by atoms with Gasteiger partial charge < -0.3 is 10.0 Å². The van der Waals surface area contributed by atoms with Gasteiger partial charge in [-0.15, -0.1) is 0 Å². The summed E-state index contributed by atoms with van der Waals surface area (Å²) in [5.41, 5.74) is 5.17. The number of carboxylic acids is 1. The van der Waals surface area contributed by atoms with Crippen molar-refractivity contribution < 1.29 is 9.90 Å². The molecule has 0 aromatic heterocycles. The first-order valence-electron chi connectivity index (χ1n) is 9.44. The van der Waals surface area contributed by atoms with Gasteiger partial charge in [0.25, 0.3) is 0 Å². The quantitative estimate of drug-likeness (QED) is 0.676. The Hall–Kier alpha value is -3.07. The lowest BCUT2D eigenvalue weighted by molar-refractivity contribution is 0.0697. The second-order valence-corrected chi connectivity index (χ2v) is 7.10. The Morgan fingerprint density at radius 3 is 1.89 bits per heavy atom. The summed E-state index contributed by atoms with van der Waals surface area (Å²) in [4.78, 5) is 13.4. The summed E-state index contributed by atoms with van der Waals surface area (Å²) in [6.07, 6.45) is 2.37. The van der Waals surface area contributed by atoms with Crippen molar-refractivity contribution >= 4 is 11.7 Å². The number of hydrogen-bond donors (Lipinski definition) is 1. The molecule has 3 aromatic rings.